The molecule has 0 bridgehead atoms. The molecule has 0 aliphatic rings. The van der Waals surface area contributed by atoms with Crippen LogP contribution < -0.4 is 11.1 Å². The summed E-state index contributed by atoms with van der Waals surface area (Å²) in [4.78, 5) is 21.4. The third-order valence-corrected chi connectivity index (χ3v) is 4.93. The van der Waals surface area contributed by atoms with Gasteiger partial charge in [-0.1, -0.05) is 26.0 Å². The van der Waals surface area contributed by atoms with E-state index in [9.17, 15) is 4.79 Å². The van der Waals surface area contributed by atoms with Crippen molar-refractivity contribution < 1.29 is 4.79 Å². The van der Waals surface area contributed by atoms with Crippen LogP contribution in [0.4, 0.5) is 5.69 Å². The predicted octanol–water partition coefficient (Wildman–Crippen LogP) is 3.12. The van der Waals surface area contributed by atoms with Crippen LogP contribution in [-0.4, -0.2) is 27.0 Å². The molecule has 2 aromatic heterocycles. The molecule has 6 heteroatoms. The number of hydrogen-bond donors (Lipinski definition) is 2. The lowest BCUT2D eigenvalue weighted by Gasteiger charge is -2.28. The average molecular weight is 337 g/mol. The van der Waals surface area contributed by atoms with Crippen molar-refractivity contribution in [2.45, 2.75) is 26.7 Å². The summed E-state index contributed by atoms with van der Waals surface area (Å²) in [7, 11) is 0. The van der Waals surface area contributed by atoms with E-state index in [1.54, 1.807) is 12.5 Å². The molecule has 0 atom stereocenters. The molecule has 0 fully saturated rings. The van der Waals surface area contributed by atoms with Crippen LogP contribution in [0.25, 0.3) is 16.9 Å². The van der Waals surface area contributed by atoms with Gasteiger partial charge in [0, 0.05) is 6.54 Å². The van der Waals surface area contributed by atoms with Crippen LogP contribution >= 0.6 is 0 Å². The molecular formula is C19H23N5O. The summed E-state index contributed by atoms with van der Waals surface area (Å²) in [6.07, 6.45) is 4.82. The summed E-state index contributed by atoms with van der Waals surface area (Å²) in [5.41, 5.74) is 7.88. The normalized spacial score (nSPS) is 11.6. The minimum atomic E-state index is -0.529. The molecule has 1 amide bonds. The number of hydrogen-bond acceptors (Lipinski definition) is 4. The van der Waals surface area contributed by atoms with E-state index in [1.807, 2.05) is 54.8 Å². The van der Waals surface area contributed by atoms with Gasteiger partial charge in [-0.05, 0) is 37.1 Å². The number of amides is 1. The Morgan fingerprint density at radius 1 is 1.16 bits per heavy atom. The average Bonchev–Trinajstić information content (AvgIpc) is 3.08. The van der Waals surface area contributed by atoms with Crippen molar-refractivity contribution >= 4 is 22.6 Å². The Kier molecular flexibility index (Phi) is 4.81. The number of carbonyl (C=O) groups is 1. The van der Waals surface area contributed by atoms with Gasteiger partial charge in [-0.25, -0.2) is 9.97 Å². The number of benzene rings is 1. The quantitative estimate of drug-likeness (QED) is 0.723. The van der Waals surface area contributed by atoms with Crippen molar-refractivity contribution in [3.8, 4) is 5.82 Å². The summed E-state index contributed by atoms with van der Waals surface area (Å²) in [5.74, 6) is 0.699. The number of nitrogens with one attached hydrogen (secondary N) is 1. The lowest BCUT2D eigenvalue weighted by Crippen LogP contribution is -2.41. The van der Waals surface area contributed by atoms with Gasteiger partial charge in [0.2, 0.25) is 5.91 Å². The monoisotopic (exact) mass is 337 g/mol. The Bertz CT molecular complexity index is 857. The van der Waals surface area contributed by atoms with E-state index in [0.29, 0.717) is 25.1 Å². The molecular weight excluding hydrogens is 314 g/mol. The van der Waals surface area contributed by atoms with Gasteiger partial charge in [0.25, 0.3) is 0 Å². The fourth-order valence-corrected chi connectivity index (χ4v) is 2.96. The molecule has 2 heterocycles. The van der Waals surface area contributed by atoms with Gasteiger partial charge in [-0.2, -0.15) is 0 Å². The van der Waals surface area contributed by atoms with Crippen LogP contribution in [0.3, 0.4) is 0 Å². The number of rotatable bonds is 6. The van der Waals surface area contributed by atoms with Crippen LogP contribution in [0.2, 0.25) is 0 Å². The number of anilines is 1. The number of aromatic nitrogens is 3. The lowest BCUT2D eigenvalue weighted by molar-refractivity contribution is -0.125. The highest BCUT2D eigenvalue weighted by Gasteiger charge is 2.33. The highest BCUT2D eigenvalue weighted by atomic mass is 16.2. The van der Waals surface area contributed by atoms with E-state index in [2.05, 4.69) is 15.3 Å². The summed E-state index contributed by atoms with van der Waals surface area (Å²) >= 11 is 0. The first kappa shape index (κ1) is 17.1. The summed E-state index contributed by atoms with van der Waals surface area (Å²) < 4.78 is 1.92. The summed E-state index contributed by atoms with van der Waals surface area (Å²) in [6, 6.07) is 11.6. The number of nitrogens with two attached hydrogens (primary N) is 1. The Morgan fingerprint density at radius 2 is 1.92 bits per heavy atom. The van der Waals surface area contributed by atoms with Crippen molar-refractivity contribution in [2.75, 3.05) is 11.9 Å². The zero-order chi connectivity index (χ0) is 17.9. The molecule has 3 rings (SSSR count). The molecule has 3 aromatic rings. The standard InChI is InChI=1S/C19H23N5O/c1-3-19(4-2,12-20)18(25)23-14-9-10-17(21-11-14)24-13-22-15-7-5-6-8-16(15)24/h5-11,13H,3-4,12,20H2,1-2H3,(H,23,25). The molecule has 6 nitrogen and oxygen atoms in total. The Hall–Kier alpha value is -2.73. The SMILES string of the molecule is CCC(CC)(CN)C(=O)Nc1ccc(-n2cnc3ccccc32)nc1. The molecule has 130 valence electrons. The second-order valence-corrected chi connectivity index (χ2v) is 6.15. The maximum Gasteiger partial charge on any atom is 0.231 e. The highest BCUT2D eigenvalue weighted by molar-refractivity contribution is 5.95. The third kappa shape index (κ3) is 3.13. The van der Waals surface area contributed by atoms with Gasteiger partial charge in [0.05, 0.1) is 28.3 Å². The molecule has 0 spiro atoms. The van der Waals surface area contributed by atoms with Crippen molar-refractivity contribution in [3.05, 3.63) is 48.9 Å². The van der Waals surface area contributed by atoms with Crippen molar-refractivity contribution in [2.24, 2.45) is 11.1 Å². The van der Waals surface area contributed by atoms with Crippen LogP contribution in [0.1, 0.15) is 26.7 Å². The van der Waals surface area contributed by atoms with Crippen molar-refractivity contribution in [3.63, 3.8) is 0 Å². The van der Waals surface area contributed by atoms with E-state index in [-0.39, 0.29) is 5.91 Å². The molecule has 25 heavy (non-hydrogen) atoms. The predicted molar refractivity (Wildman–Crippen MR) is 99.6 cm³/mol. The molecule has 0 aliphatic carbocycles. The molecule has 3 N–H and O–H groups in total. The second-order valence-electron chi connectivity index (χ2n) is 6.15. The number of pyridine rings is 1. The molecule has 0 saturated carbocycles. The zero-order valence-corrected chi connectivity index (χ0v) is 14.6. The summed E-state index contributed by atoms with van der Waals surface area (Å²) in [5, 5.41) is 2.94. The number of carbonyl (C=O) groups excluding carboxylic acids is 1. The molecule has 0 saturated heterocycles. The van der Waals surface area contributed by atoms with Gasteiger partial charge >= 0.3 is 0 Å². The van der Waals surface area contributed by atoms with Crippen LogP contribution in [-0.2, 0) is 4.79 Å². The fraction of sp³-hybridized carbons (Fsp3) is 0.316. The van der Waals surface area contributed by atoms with Gasteiger partial charge < -0.3 is 11.1 Å². The van der Waals surface area contributed by atoms with Gasteiger partial charge in [-0.15, -0.1) is 0 Å². The summed E-state index contributed by atoms with van der Waals surface area (Å²) in [6.45, 7) is 4.31. The van der Waals surface area contributed by atoms with Crippen molar-refractivity contribution in [1.29, 1.82) is 0 Å². The Labute approximate surface area is 147 Å². The van der Waals surface area contributed by atoms with E-state index in [1.165, 1.54) is 0 Å². The second kappa shape index (κ2) is 7.03. The first-order valence-electron chi connectivity index (χ1n) is 8.53. The smallest absolute Gasteiger partial charge is 0.231 e. The number of para-hydroxylation sites is 2. The fourth-order valence-electron chi connectivity index (χ4n) is 2.96. The van der Waals surface area contributed by atoms with Gasteiger partial charge in [-0.3, -0.25) is 9.36 Å². The van der Waals surface area contributed by atoms with E-state index in [0.717, 1.165) is 16.9 Å². The van der Waals surface area contributed by atoms with Crippen LogP contribution in [0.5, 0.6) is 0 Å². The molecule has 0 unspecified atom stereocenters. The Morgan fingerprint density at radius 3 is 2.56 bits per heavy atom. The van der Waals surface area contributed by atoms with E-state index >= 15 is 0 Å². The minimum Gasteiger partial charge on any atom is -0.329 e. The first-order valence-corrected chi connectivity index (χ1v) is 8.53. The number of fused-ring (bicyclic) bond motifs is 1. The van der Waals surface area contributed by atoms with Gasteiger partial charge in [0.15, 0.2) is 0 Å². The molecule has 1 aromatic carbocycles. The molecule has 0 radical (unpaired) electrons. The maximum absolute atomic E-state index is 12.6. The van der Waals surface area contributed by atoms with Gasteiger partial charge in [0.1, 0.15) is 12.1 Å². The first-order chi connectivity index (χ1) is 12.1. The highest BCUT2D eigenvalue weighted by Crippen LogP contribution is 2.27. The van der Waals surface area contributed by atoms with Crippen LogP contribution in [0, 0.1) is 5.41 Å². The third-order valence-electron chi connectivity index (χ3n) is 4.93. The Balaban J connectivity index is 1.82. The molecule has 0 aliphatic heterocycles. The topological polar surface area (TPSA) is 85.8 Å². The van der Waals surface area contributed by atoms with Crippen LogP contribution in [0.15, 0.2) is 48.9 Å². The van der Waals surface area contributed by atoms with E-state index < -0.39 is 5.41 Å². The zero-order valence-electron chi connectivity index (χ0n) is 14.6. The van der Waals surface area contributed by atoms with Crippen molar-refractivity contribution in [1.82, 2.24) is 14.5 Å². The number of imidazole rings is 1. The van der Waals surface area contributed by atoms with E-state index in [4.69, 9.17) is 5.73 Å². The maximum atomic E-state index is 12.6. The number of nitrogens with zero attached hydrogens (tertiary/aromatic N) is 3. The lowest BCUT2D eigenvalue weighted by atomic mass is 9.81. The largest absolute Gasteiger partial charge is 0.329 e. The minimum absolute atomic E-state index is 0.0531.